The van der Waals surface area contributed by atoms with Crippen LogP contribution in [0.4, 0.5) is 0 Å². The molecule has 0 aromatic heterocycles. The normalized spacial score (nSPS) is 16.1. The van der Waals surface area contributed by atoms with E-state index in [1.165, 1.54) is 0 Å². The van der Waals surface area contributed by atoms with Crippen LogP contribution in [0.15, 0.2) is 0 Å². The number of hydrogen-bond acceptors (Lipinski definition) is 7. The van der Waals surface area contributed by atoms with Crippen molar-refractivity contribution in [3.8, 4) is 0 Å². The summed E-state index contributed by atoms with van der Waals surface area (Å²) in [6.45, 7) is -1.13. The lowest BCUT2D eigenvalue weighted by Gasteiger charge is -2.20. The van der Waals surface area contributed by atoms with E-state index < -0.39 is 43.2 Å². The van der Waals surface area contributed by atoms with Crippen molar-refractivity contribution in [3.05, 3.63) is 0 Å². The van der Waals surface area contributed by atoms with Gasteiger partial charge in [0.1, 0.15) is 18.3 Å². The van der Waals surface area contributed by atoms with Crippen molar-refractivity contribution in [1.82, 2.24) is 5.32 Å². The largest absolute Gasteiger partial charge is 0.394 e. The molecule has 17 heavy (non-hydrogen) atoms. The van der Waals surface area contributed by atoms with Gasteiger partial charge in [-0.3, -0.25) is 9.59 Å². The van der Waals surface area contributed by atoms with Crippen molar-refractivity contribution in [2.45, 2.75) is 24.7 Å². The van der Waals surface area contributed by atoms with Crippen LogP contribution in [-0.4, -0.2) is 70.1 Å². The molecule has 0 radical (unpaired) electrons. The number of carbonyl (C=O) groups excluding carboxylic acids is 2. The van der Waals surface area contributed by atoms with E-state index in [2.05, 4.69) is 5.32 Å². The summed E-state index contributed by atoms with van der Waals surface area (Å²) in [5.41, 5.74) is 5.11. The summed E-state index contributed by atoms with van der Waals surface area (Å²) >= 11 is 0. The molecule has 0 aliphatic rings. The number of nitrogens with two attached hydrogens (primary N) is 1. The smallest absolute Gasteiger partial charge is 0.221 e. The molecular weight excluding hydrogens is 232 g/mol. The predicted octanol–water partition coefficient (Wildman–Crippen LogP) is -3.90. The molecule has 0 rings (SSSR count). The van der Waals surface area contributed by atoms with Crippen LogP contribution in [0, 0.1) is 0 Å². The molecule has 0 saturated heterocycles. The molecule has 100 valence electrons. The van der Waals surface area contributed by atoms with E-state index in [0.717, 1.165) is 0 Å². The van der Waals surface area contributed by atoms with Crippen LogP contribution < -0.4 is 11.1 Å². The number of carbonyl (C=O) groups is 2. The van der Waals surface area contributed by atoms with Gasteiger partial charge in [0.25, 0.3) is 0 Å². The molecule has 0 aromatic rings. The highest BCUT2D eigenvalue weighted by Crippen LogP contribution is 2.00. The van der Waals surface area contributed by atoms with E-state index in [4.69, 9.17) is 15.9 Å². The molecule has 1 amide bonds. The SMILES string of the molecule is NCCC(=O)NCC(=O)[C@@H](O)[C@H](O)[C@H](O)CO. The fourth-order valence-electron chi connectivity index (χ4n) is 1.02. The number of ketones is 1. The van der Waals surface area contributed by atoms with Crippen LogP contribution in [0.3, 0.4) is 0 Å². The molecule has 0 heterocycles. The van der Waals surface area contributed by atoms with E-state index in [9.17, 15) is 19.8 Å². The second kappa shape index (κ2) is 8.09. The average molecular weight is 250 g/mol. The first-order chi connectivity index (χ1) is 7.93. The summed E-state index contributed by atoms with van der Waals surface area (Å²) in [6, 6.07) is 0. The van der Waals surface area contributed by atoms with Gasteiger partial charge in [0, 0.05) is 13.0 Å². The number of aliphatic hydroxyl groups is 4. The minimum atomic E-state index is -1.87. The third-order valence-corrected chi connectivity index (χ3v) is 2.07. The van der Waals surface area contributed by atoms with Crippen LogP contribution in [0.1, 0.15) is 6.42 Å². The second-order valence-corrected chi connectivity index (χ2v) is 3.47. The monoisotopic (exact) mass is 250 g/mol. The van der Waals surface area contributed by atoms with E-state index in [1.54, 1.807) is 0 Å². The Balaban J connectivity index is 4.09. The van der Waals surface area contributed by atoms with Crippen LogP contribution in [0.2, 0.25) is 0 Å². The molecule has 8 heteroatoms. The Morgan fingerprint density at radius 2 is 1.82 bits per heavy atom. The zero-order valence-electron chi connectivity index (χ0n) is 9.24. The number of aliphatic hydroxyl groups excluding tert-OH is 4. The lowest BCUT2D eigenvalue weighted by Crippen LogP contribution is -2.47. The first-order valence-corrected chi connectivity index (χ1v) is 5.08. The van der Waals surface area contributed by atoms with Crippen molar-refractivity contribution in [1.29, 1.82) is 0 Å². The molecule has 0 saturated carbocycles. The average Bonchev–Trinajstić information content (AvgIpc) is 2.33. The number of nitrogens with one attached hydrogen (secondary N) is 1. The number of Topliss-reactive ketones (excluding diaryl/α,β-unsaturated/α-hetero) is 1. The zero-order chi connectivity index (χ0) is 13.4. The van der Waals surface area contributed by atoms with Gasteiger partial charge in [-0.05, 0) is 0 Å². The van der Waals surface area contributed by atoms with Gasteiger partial charge in [0.05, 0.1) is 13.2 Å². The Hall–Kier alpha value is -1.06. The first kappa shape index (κ1) is 15.9. The minimum Gasteiger partial charge on any atom is -0.394 e. The van der Waals surface area contributed by atoms with Crippen molar-refractivity contribution >= 4 is 11.7 Å². The van der Waals surface area contributed by atoms with E-state index in [1.807, 2.05) is 0 Å². The van der Waals surface area contributed by atoms with Crippen LogP contribution >= 0.6 is 0 Å². The Kier molecular flexibility index (Phi) is 7.59. The Morgan fingerprint density at radius 3 is 2.29 bits per heavy atom. The quantitative estimate of drug-likeness (QED) is 0.257. The highest BCUT2D eigenvalue weighted by molar-refractivity contribution is 5.89. The molecule has 3 atom stereocenters. The molecule has 7 N–H and O–H groups in total. The summed E-state index contributed by atoms with van der Waals surface area (Å²) in [5.74, 6) is -1.32. The van der Waals surface area contributed by atoms with Crippen LogP contribution in [-0.2, 0) is 9.59 Å². The second-order valence-electron chi connectivity index (χ2n) is 3.47. The van der Waals surface area contributed by atoms with Crippen molar-refractivity contribution in [3.63, 3.8) is 0 Å². The molecule has 8 nitrogen and oxygen atoms in total. The Bertz CT molecular complexity index is 260. The number of amides is 1. The van der Waals surface area contributed by atoms with Gasteiger partial charge in [-0.25, -0.2) is 0 Å². The van der Waals surface area contributed by atoms with Gasteiger partial charge >= 0.3 is 0 Å². The predicted molar refractivity (Wildman–Crippen MR) is 56.8 cm³/mol. The Labute approximate surface area is 98.0 Å². The molecule has 0 aliphatic carbocycles. The topological polar surface area (TPSA) is 153 Å². The highest BCUT2D eigenvalue weighted by Gasteiger charge is 2.29. The lowest BCUT2D eigenvalue weighted by atomic mass is 10.0. The fraction of sp³-hybridized carbons (Fsp3) is 0.778. The number of hydrogen-bond donors (Lipinski definition) is 6. The zero-order valence-corrected chi connectivity index (χ0v) is 9.24. The fourth-order valence-corrected chi connectivity index (χ4v) is 1.02. The molecule has 0 aliphatic heterocycles. The van der Waals surface area contributed by atoms with Crippen LogP contribution in [0.5, 0.6) is 0 Å². The summed E-state index contributed by atoms with van der Waals surface area (Å²) in [4.78, 5) is 22.2. The van der Waals surface area contributed by atoms with Gasteiger partial charge in [-0.2, -0.15) is 0 Å². The summed E-state index contributed by atoms with van der Waals surface area (Å²) in [6.07, 6.45) is -5.23. The highest BCUT2D eigenvalue weighted by atomic mass is 16.4. The lowest BCUT2D eigenvalue weighted by molar-refractivity contribution is -0.140. The van der Waals surface area contributed by atoms with Gasteiger partial charge in [0.2, 0.25) is 5.91 Å². The molecule has 0 bridgehead atoms. The van der Waals surface area contributed by atoms with Gasteiger partial charge in [-0.15, -0.1) is 0 Å². The van der Waals surface area contributed by atoms with Crippen LogP contribution in [0.25, 0.3) is 0 Å². The third kappa shape index (κ3) is 5.71. The van der Waals surface area contributed by atoms with Gasteiger partial charge in [0.15, 0.2) is 5.78 Å². The maximum atomic E-state index is 11.3. The molecule has 0 fully saturated rings. The number of rotatable bonds is 8. The standard InChI is InChI=1S/C9H18N2O6/c10-2-1-7(15)11-3-5(13)8(16)9(17)6(14)4-12/h6,8-9,12,14,16-17H,1-4,10H2,(H,11,15)/t6-,8-,9-/m1/s1. The van der Waals surface area contributed by atoms with Gasteiger partial charge < -0.3 is 31.5 Å². The Morgan fingerprint density at radius 1 is 1.24 bits per heavy atom. The van der Waals surface area contributed by atoms with E-state index in [-0.39, 0.29) is 13.0 Å². The van der Waals surface area contributed by atoms with Crippen molar-refractivity contribution < 1.29 is 30.0 Å². The summed E-state index contributed by atoms with van der Waals surface area (Å²) < 4.78 is 0. The third-order valence-electron chi connectivity index (χ3n) is 2.07. The van der Waals surface area contributed by atoms with E-state index >= 15 is 0 Å². The van der Waals surface area contributed by atoms with Gasteiger partial charge in [-0.1, -0.05) is 0 Å². The first-order valence-electron chi connectivity index (χ1n) is 5.08. The molecule has 0 spiro atoms. The maximum absolute atomic E-state index is 11.3. The molecule has 0 aromatic carbocycles. The molecule has 0 unspecified atom stereocenters. The van der Waals surface area contributed by atoms with Crippen molar-refractivity contribution in [2.75, 3.05) is 19.7 Å². The van der Waals surface area contributed by atoms with E-state index in [0.29, 0.717) is 0 Å². The van der Waals surface area contributed by atoms with Crippen molar-refractivity contribution in [2.24, 2.45) is 5.73 Å². The maximum Gasteiger partial charge on any atom is 0.221 e. The summed E-state index contributed by atoms with van der Waals surface area (Å²) in [7, 11) is 0. The minimum absolute atomic E-state index is 0.0468. The summed E-state index contributed by atoms with van der Waals surface area (Å²) in [5, 5.41) is 38.2. The molecular formula is C9H18N2O6.